The summed E-state index contributed by atoms with van der Waals surface area (Å²) in [7, 11) is -4.37. The van der Waals surface area contributed by atoms with E-state index in [4.69, 9.17) is 9.05 Å². The summed E-state index contributed by atoms with van der Waals surface area (Å²) in [4.78, 5) is 0. The third-order valence-corrected chi connectivity index (χ3v) is 18.7. The van der Waals surface area contributed by atoms with Crippen molar-refractivity contribution in [2.24, 2.45) is 0 Å². The van der Waals surface area contributed by atoms with Crippen LogP contribution >= 0.6 is 23.0 Å². The minimum Gasteiger partial charge on any atom is -0.307 e. The molecule has 6 aliphatic rings. The third-order valence-electron chi connectivity index (χ3n) is 10.4. The van der Waals surface area contributed by atoms with Crippen LogP contribution in [-0.2, 0) is 52.3 Å². The molecule has 2 saturated heterocycles. The van der Waals surface area contributed by atoms with E-state index in [-0.39, 0.29) is 58.4 Å². The molecule has 292 valence electrons. The molecule has 0 spiro atoms. The zero-order valence-corrected chi connectivity index (χ0v) is 37.2. The van der Waals surface area contributed by atoms with Crippen molar-refractivity contribution in [2.75, 3.05) is 14.1 Å². The van der Waals surface area contributed by atoms with E-state index in [0.29, 0.717) is 11.3 Å². The Hall–Kier alpha value is -0.571. The number of hydrogen-bond acceptors (Lipinski definition) is 4. The fourth-order valence-corrected chi connectivity index (χ4v) is 15.8. The Labute approximate surface area is 367 Å². The molecule has 57 heavy (non-hydrogen) atoms. The van der Waals surface area contributed by atoms with Gasteiger partial charge in [-0.05, 0) is 147 Å². The first-order chi connectivity index (χ1) is 26.7. The van der Waals surface area contributed by atoms with Gasteiger partial charge < -0.3 is 9.05 Å². The van der Waals surface area contributed by atoms with Crippen LogP contribution in [0.15, 0.2) is 91.0 Å². The van der Waals surface area contributed by atoms with Gasteiger partial charge in [-0.15, -0.1) is 0 Å². The van der Waals surface area contributed by atoms with Gasteiger partial charge in [0.05, 0.1) is 11.3 Å². The maximum atomic E-state index is 15.1. The number of likely N-dealkylation sites (N-methyl/N-ethyl adjacent to an activating group) is 2. The summed E-state index contributed by atoms with van der Waals surface area (Å²) in [6, 6.07) is 30.1. The Morgan fingerprint density at radius 3 is 1.12 bits per heavy atom. The van der Waals surface area contributed by atoms with Gasteiger partial charge in [0.15, 0.2) is 0 Å². The van der Waals surface area contributed by atoms with E-state index in [1.54, 1.807) is 0 Å². The molecule has 4 aliphatic carbocycles. The van der Waals surface area contributed by atoms with Crippen molar-refractivity contribution in [3.05, 3.63) is 227 Å². The molecule has 20 radical (unpaired) electrons. The second-order valence-electron chi connectivity index (χ2n) is 13.7. The topological polar surface area (TPSA) is 59.1 Å². The quantitative estimate of drug-likeness (QED) is 0.174. The maximum absolute atomic E-state index is 15.1. The summed E-state index contributed by atoms with van der Waals surface area (Å²) in [5.74, 6) is 0. The van der Waals surface area contributed by atoms with Gasteiger partial charge in [-0.2, -0.15) is 0 Å². The summed E-state index contributed by atoms with van der Waals surface area (Å²) in [5, 5.41) is 1.08. The van der Waals surface area contributed by atoms with Crippen molar-refractivity contribution in [2.45, 2.75) is 38.1 Å². The minimum absolute atomic E-state index is 0. The Bertz CT molecular complexity index is 1610. The molecule has 3 aromatic rings. The molecule has 6 atom stereocenters. The van der Waals surface area contributed by atoms with Crippen LogP contribution in [0.1, 0.15) is 37.2 Å². The second kappa shape index (κ2) is 22.0. The zero-order valence-electron chi connectivity index (χ0n) is 32.3. The third kappa shape index (κ3) is 10.4. The molecular formula is C46H47Fe2N2O4P3+4. The molecule has 3 aromatic carbocycles. The van der Waals surface area contributed by atoms with Gasteiger partial charge in [0, 0.05) is 23.4 Å². The number of benzene rings is 3. The van der Waals surface area contributed by atoms with E-state index in [9.17, 15) is 0 Å². The van der Waals surface area contributed by atoms with Gasteiger partial charge in [-0.3, -0.25) is 9.13 Å². The van der Waals surface area contributed by atoms with Crippen LogP contribution in [0.3, 0.4) is 0 Å². The second-order valence-corrected chi connectivity index (χ2v) is 20.6. The number of nitrogens with zero attached hydrogens (tertiary/aromatic N) is 2. The van der Waals surface area contributed by atoms with Crippen molar-refractivity contribution in [3.8, 4) is 0 Å². The monoisotopic (exact) mass is 896 g/mol. The van der Waals surface area contributed by atoms with Crippen LogP contribution in [-0.4, -0.2) is 35.5 Å². The molecule has 0 unspecified atom stereocenters. The van der Waals surface area contributed by atoms with Gasteiger partial charge in [-0.25, -0.2) is 9.34 Å². The average Bonchev–Trinajstić information content (AvgIpc) is 4.09. The minimum atomic E-state index is -3.45. The molecule has 9 rings (SSSR count). The van der Waals surface area contributed by atoms with Gasteiger partial charge in [0.1, 0.15) is 12.2 Å². The van der Waals surface area contributed by atoms with E-state index >= 15 is 9.13 Å². The SMILES string of the molecule is C[C@H]1[C@@H](c2ccccc2)O[P@](=O)([C]2[CH][CH][CH][C]2P([C]2[CH][CH][CH][C]2[P@@]2(=O)O[C@H](c3ccccc3)[C@H](C)N2C)c2ccccc2)N1C.[CH]1[CH][CH][CH][CH]1.[CH]1[CH][CH][CH][CH]1.[Fe+2].[Fe+2]. The van der Waals surface area contributed by atoms with Crippen LogP contribution in [0.4, 0.5) is 0 Å². The number of hydrogen-bond donors (Lipinski definition) is 0. The van der Waals surface area contributed by atoms with Crippen molar-refractivity contribution in [1.29, 1.82) is 0 Å². The summed E-state index contributed by atoms with van der Waals surface area (Å²) in [6.07, 6.45) is 31.3. The molecule has 4 saturated carbocycles. The first-order valence-corrected chi connectivity index (χ1v) is 23.1. The van der Waals surface area contributed by atoms with Crippen LogP contribution in [0.5, 0.6) is 0 Å². The molecule has 11 heteroatoms. The molecular weight excluding hydrogens is 849 g/mol. The predicted octanol–water partition coefficient (Wildman–Crippen LogP) is 10.8. The fourth-order valence-electron chi connectivity index (χ4n) is 7.21. The zero-order chi connectivity index (χ0) is 38.4. The molecule has 0 N–H and O–H groups in total. The van der Waals surface area contributed by atoms with E-state index < -0.39 is 23.0 Å². The molecule has 2 heterocycles. The summed E-state index contributed by atoms with van der Waals surface area (Å²) >= 11 is 0. The van der Waals surface area contributed by atoms with Gasteiger partial charge in [0.2, 0.25) is 0 Å². The van der Waals surface area contributed by atoms with Gasteiger partial charge in [-0.1, -0.05) is 98.9 Å². The largest absolute Gasteiger partial charge is 2.00 e. The Balaban J connectivity index is 0.000000452. The fraction of sp³-hybridized carbons (Fsp3) is 0.174. The van der Waals surface area contributed by atoms with Crippen LogP contribution in [0.25, 0.3) is 0 Å². The molecule has 0 bridgehead atoms. The van der Waals surface area contributed by atoms with E-state index in [0.717, 1.165) is 27.7 Å². The standard InChI is InChI=1S/C36H37N2O4P3.2C5H5.2Fe/c1-26-35(28-16-8-5-9-17-28)41-44(39,37(26)3)33-24-14-22-31(33)43(30-20-12-7-13-21-30)32-23-15-25-34(32)45(40)38(4)27(2)36(42-45)29-18-10-6-11-19-29;2*1-2-4-5-3-1;;/h5-27,35-36H,1-4H3;2*1-5H;;/q;;;2*+2/t26-,27-,35-,36-,44+,45+;;;;/m0..../s1. The average molecular weight is 897 g/mol. The van der Waals surface area contributed by atoms with Crippen molar-refractivity contribution < 1.29 is 52.3 Å². The maximum Gasteiger partial charge on any atom is 2.00 e. The van der Waals surface area contributed by atoms with Crippen LogP contribution in [0, 0.1) is 125 Å². The van der Waals surface area contributed by atoms with E-state index in [2.05, 4.69) is 38.8 Å². The Morgan fingerprint density at radius 2 is 0.789 bits per heavy atom. The Kier molecular flexibility index (Phi) is 18.3. The summed E-state index contributed by atoms with van der Waals surface area (Å²) < 4.78 is 47.1. The summed E-state index contributed by atoms with van der Waals surface area (Å²) in [5.41, 5.74) is 5.31. The first kappa shape index (κ1) is 47.5. The normalized spacial score (nSPS) is 31.4. The van der Waals surface area contributed by atoms with Crippen molar-refractivity contribution >= 4 is 28.3 Å². The van der Waals surface area contributed by atoms with Gasteiger partial charge >= 0.3 is 34.1 Å². The molecule has 2 aliphatic heterocycles. The first-order valence-electron chi connectivity index (χ1n) is 18.6. The van der Waals surface area contributed by atoms with E-state index in [1.807, 2.05) is 192 Å². The van der Waals surface area contributed by atoms with Crippen molar-refractivity contribution in [3.63, 3.8) is 0 Å². The van der Waals surface area contributed by atoms with Crippen molar-refractivity contribution in [1.82, 2.24) is 9.34 Å². The van der Waals surface area contributed by atoms with Crippen LogP contribution < -0.4 is 5.30 Å². The Morgan fingerprint density at radius 1 is 0.474 bits per heavy atom. The van der Waals surface area contributed by atoms with Gasteiger partial charge in [0.25, 0.3) is 15.0 Å². The van der Waals surface area contributed by atoms with E-state index in [1.165, 1.54) is 0 Å². The number of rotatable bonds is 7. The molecule has 6 nitrogen and oxygen atoms in total. The summed E-state index contributed by atoms with van der Waals surface area (Å²) in [6.45, 7) is 4.14. The van der Waals surface area contributed by atoms with Crippen LogP contribution in [0.2, 0.25) is 0 Å². The molecule has 0 aromatic heterocycles. The molecule has 6 fully saturated rings. The predicted molar refractivity (Wildman–Crippen MR) is 225 cm³/mol. The smallest absolute Gasteiger partial charge is 0.307 e. The molecule has 0 amide bonds.